The van der Waals surface area contributed by atoms with E-state index in [0.29, 0.717) is 25.1 Å². The molecule has 1 atom stereocenters. The second-order valence-corrected chi connectivity index (χ2v) is 17.4. The van der Waals surface area contributed by atoms with E-state index >= 15 is 0 Å². The number of hydrogen-bond donors (Lipinski definition) is 1. The van der Waals surface area contributed by atoms with Crippen molar-refractivity contribution in [2.45, 2.75) is 48.9 Å². The van der Waals surface area contributed by atoms with Gasteiger partial charge in [0.05, 0.1) is 23.3 Å². The molecule has 0 radical (unpaired) electrons. The lowest BCUT2D eigenvalue weighted by Gasteiger charge is -2.38. The number of benzene rings is 3. The van der Waals surface area contributed by atoms with Crippen LogP contribution < -0.4 is 9.64 Å². The zero-order chi connectivity index (χ0) is 38.0. The van der Waals surface area contributed by atoms with Gasteiger partial charge in [-0.25, -0.2) is 25.4 Å². The van der Waals surface area contributed by atoms with Crippen molar-refractivity contribution >= 4 is 37.6 Å². The maximum absolute atomic E-state index is 14.0. The number of hydrogen-bond acceptors (Lipinski definition) is 9. The first kappa shape index (κ1) is 39.2. The Morgan fingerprint density at radius 3 is 2.08 bits per heavy atom. The summed E-state index contributed by atoms with van der Waals surface area (Å²) in [7, 11) is -1.31. The van der Waals surface area contributed by atoms with Crippen molar-refractivity contribution in [1.82, 2.24) is 18.4 Å². The fourth-order valence-corrected chi connectivity index (χ4v) is 9.37. The van der Waals surface area contributed by atoms with Crippen molar-refractivity contribution in [2.24, 2.45) is 0 Å². The molecule has 1 unspecified atom stereocenters. The van der Waals surface area contributed by atoms with E-state index in [4.69, 9.17) is 4.74 Å². The summed E-state index contributed by atoms with van der Waals surface area (Å²) in [5.74, 6) is -2.17. The van der Waals surface area contributed by atoms with Gasteiger partial charge in [-0.3, -0.25) is 9.59 Å². The van der Waals surface area contributed by atoms with Gasteiger partial charge in [0, 0.05) is 83.3 Å². The Bertz CT molecular complexity index is 2010. The molecule has 3 aromatic carbocycles. The Morgan fingerprint density at radius 1 is 0.846 bits per heavy atom. The van der Waals surface area contributed by atoms with Crippen LogP contribution in [-0.2, 0) is 49.0 Å². The molecule has 0 bridgehead atoms. The van der Waals surface area contributed by atoms with Gasteiger partial charge in [0.15, 0.2) is 0 Å². The number of carbonyl (C=O) groups is 2. The van der Waals surface area contributed by atoms with Crippen LogP contribution in [0.1, 0.15) is 47.6 Å². The number of nitrogens with zero attached hydrogens (tertiary/aromatic N) is 5. The summed E-state index contributed by atoms with van der Waals surface area (Å²) < 4.78 is 61.3. The van der Waals surface area contributed by atoms with Crippen molar-refractivity contribution < 1.29 is 36.3 Å². The Morgan fingerprint density at radius 2 is 1.48 bits per heavy atom. The number of carboxylic acid groups (broad SMARTS) is 1. The smallest absolute Gasteiger partial charge is 0.315 e. The molecule has 2 heterocycles. The second-order valence-electron chi connectivity index (χ2n) is 13.3. The average molecular weight is 756 g/mol. The highest BCUT2D eigenvalue weighted by atomic mass is 32.2. The van der Waals surface area contributed by atoms with Crippen molar-refractivity contribution in [3.63, 3.8) is 0 Å². The van der Waals surface area contributed by atoms with Crippen LogP contribution in [0.15, 0.2) is 64.4 Å². The number of aliphatic carboxylic acids is 1. The van der Waals surface area contributed by atoms with Crippen LogP contribution in [-0.4, -0.2) is 126 Å². The van der Waals surface area contributed by atoms with Gasteiger partial charge in [0.25, 0.3) is 0 Å². The largest absolute Gasteiger partial charge is 0.496 e. The maximum atomic E-state index is 14.0. The zero-order valence-corrected chi connectivity index (χ0v) is 32.3. The van der Waals surface area contributed by atoms with Crippen LogP contribution in [0.25, 0.3) is 0 Å². The van der Waals surface area contributed by atoms with Gasteiger partial charge in [-0.15, -0.1) is 0 Å². The van der Waals surface area contributed by atoms with Crippen molar-refractivity contribution in [2.75, 3.05) is 79.0 Å². The van der Waals surface area contributed by atoms with Crippen LogP contribution in [0.4, 0.5) is 5.69 Å². The topological polar surface area (TPSA) is 148 Å². The van der Waals surface area contributed by atoms with E-state index in [1.54, 1.807) is 31.9 Å². The lowest BCUT2D eigenvalue weighted by molar-refractivity contribution is -0.137. The van der Waals surface area contributed by atoms with Crippen LogP contribution in [0.3, 0.4) is 0 Å². The van der Waals surface area contributed by atoms with E-state index in [0.717, 1.165) is 53.0 Å². The van der Waals surface area contributed by atoms with Gasteiger partial charge in [-0.2, -0.15) is 0 Å². The van der Waals surface area contributed by atoms with Gasteiger partial charge in [0.2, 0.25) is 26.0 Å². The van der Waals surface area contributed by atoms with Gasteiger partial charge in [-0.05, 0) is 60.5 Å². The normalized spacial score (nSPS) is 16.2. The molecule has 1 N–H and O–H groups in total. The zero-order valence-electron chi connectivity index (χ0n) is 30.7. The van der Waals surface area contributed by atoms with E-state index in [1.807, 2.05) is 6.07 Å². The molecule has 1 fully saturated rings. The molecule has 3 aromatic rings. The number of likely N-dealkylation sites (N-methyl/N-ethyl adjacent to an activating group) is 1. The van der Waals surface area contributed by atoms with E-state index < -0.39 is 31.9 Å². The monoisotopic (exact) mass is 755 g/mol. The number of sulfonamides is 2. The Hall–Kier alpha value is -4.02. The standard InChI is InChI=1S/C37H49N5O8S2/c1-7-39(4)51(46,47)28-12-10-27(11-13-28)36(37(44)45)30-23-26(9-16-34(30)52(48,49)40(5)8-2)24-35(43)42-18-17-29-31(25-42)32(14-15-33(29)50-6)41-21-19-38(3)20-22-41/h9-16,23,36H,7-8,17-22,24-25H2,1-6H3,(H,44,45). The molecule has 0 saturated carbocycles. The molecule has 0 spiro atoms. The van der Waals surface area contributed by atoms with E-state index in [9.17, 15) is 31.5 Å². The SMILES string of the molecule is CCN(C)S(=O)(=O)c1ccc(C(C(=O)O)c2cc(CC(=O)N3CCc4c(OC)ccc(N5CCN(C)CC5)c4C3)ccc2S(=O)(=O)N(C)CC)cc1. The highest BCUT2D eigenvalue weighted by Crippen LogP contribution is 2.37. The number of rotatable bonds is 13. The number of amides is 1. The minimum absolute atomic E-state index is 0.00883. The van der Waals surface area contributed by atoms with Gasteiger partial charge >= 0.3 is 5.97 Å². The maximum Gasteiger partial charge on any atom is 0.315 e. The van der Waals surface area contributed by atoms with E-state index in [1.165, 1.54) is 54.8 Å². The molecule has 0 aromatic heterocycles. The van der Waals surface area contributed by atoms with Crippen molar-refractivity contribution in [1.29, 1.82) is 0 Å². The van der Waals surface area contributed by atoms with Gasteiger partial charge in [0.1, 0.15) is 11.7 Å². The Kier molecular flexibility index (Phi) is 12.0. The molecule has 1 saturated heterocycles. The first-order chi connectivity index (χ1) is 24.6. The molecule has 2 aliphatic heterocycles. The second kappa shape index (κ2) is 15.9. The molecule has 15 heteroatoms. The van der Waals surface area contributed by atoms with Crippen LogP contribution >= 0.6 is 0 Å². The quantitative estimate of drug-likeness (QED) is 0.276. The van der Waals surface area contributed by atoms with Crippen molar-refractivity contribution in [3.05, 3.63) is 82.4 Å². The molecular formula is C37H49N5O8S2. The first-order valence-corrected chi connectivity index (χ1v) is 20.3. The number of ether oxygens (including phenoxy) is 1. The Balaban J connectivity index is 1.50. The summed E-state index contributed by atoms with van der Waals surface area (Å²) in [6.45, 7) is 8.22. The molecule has 282 valence electrons. The van der Waals surface area contributed by atoms with Crippen LogP contribution in [0, 0.1) is 0 Å². The summed E-state index contributed by atoms with van der Waals surface area (Å²) in [6.07, 6.45) is 0.533. The number of methoxy groups -OCH3 is 1. The summed E-state index contributed by atoms with van der Waals surface area (Å²) in [5, 5.41) is 10.6. The van der Waals surface area contributed by atoms with Gasteiger partial charge in [-0.1, -0.05) is 38.1 Å². The van der Waals surface area contributed by atoms with Crippen molar-refractivity contribution in [3.8, 4) is 5.75 Å². The van der Waals surface area contributed by atoms with Gasteiger partial charge < -0.3 is 24.5 Å². The summed E-state index contributed by atoms with van der Waals surface area (Å²) in [6, 6.07) is 13.9. The fraction of sp³-hybridized carbons (Fsp3) is 0.459. The summed E-state index contributed by atoms with van der Waals surface area (Å²) >= 11 is 0. The Labute approximate surface area is 307 Å². The molecular weight excluding hydrogens is 707 g/mol. The average Bonchev–Trinajstić information content (AvgIpc) is 3.13. The number of carboxylic acids is 1. The predicted molar refractivity (Wildman–Crippen MR) is 199 cm³/mol. The lowest BCUT2D eigenvalue weighted by Crippen LogP contribution is -2.45. The molecule has 2 aliphatic rings. The number of fused-ring (bicyclic) bond motifs is 1. The summed E-state index contributed by atoms with van der Waals surface area (Å²) in [4.78, 5) is 33.1. The molecule has 5 rings (SSSR count). The third-order valence-corrected chi connectivity index (χ3v) is 14.2. The predicted octanol–water partition coefficient (Wildman–Crippen LogP) is 3.07. The van der Waals surface area contributed by atoms with Crippen LogP contribution in [0.5, 0.6) is 5.75 Å². The highest BCUT2D eigenvalue weighted by molar-refractivity contribution is 7.89. The van der Waals surface area contributed by atoms with E-state index in [-0.39, 0.29) is 46.3 Å². The summed E-state index contributed by atoms with van der Waals surface area (Å²) in [5.41, 5.74) is 3.87. The minimum Gasteiger partial charge on any atom is -0.496 e. The highest BCUT2D eigenvalue weighted by Gasteiger charge is 2.33. The fourth-order valence-electron chi connectivity index (χ4n) is 6.80. The first-order valence-electron chi connectivity index (χ1n) is 17.4. The third-order valence-electron chi connectivity index (χ3n) is 10.2. The number of carbonyl (C=O) groups excluding carboxylic acids is 1. The third kappa shape index (κ3) is 7.83. The molecule has 0 aliphatic carbocycles. The molecule has 1 amide bonds. The number of anilines is 1. The molecule has 52 heavy (non-hydrogen) atoms. The van der Waals surface area contributed by atoms with Crippen LogP contribution in [0.2, 0.25) is 0 Å². The minimum atomic E-state index is -4.12. The van der Waals surface area contributed by atoms with E-state index in [2.05, 4.69) is 22.9 Å². The number of piperazine rings is 1. The molecule has 13 nitrogen and oxygen atoms in total. The lowest BCUT2D eigenvalue weighted by atomic mass is 9.89.